The van der Waals surface area contributed by atoms with E-state index in [-0.39, 0.29) is 5.84 Å². The smallest absolute Gasteiger partial charge is 0.165 e. The molecule has 1 aliphatic rings. The quantitative estimate of drug-likeness (QED) is 0.326. The lowest BCUT2D eigenvalue weighted by Gasteiger charge is -2.37. The SMILES string of the molecule is NC(=NO)C1(n2cccc2)CCOCC1. The van der Waals surface area contributed by atoms with Crippen LogP contribution in [0.1, 0.15) is 12.8 Å². The minimum atomic E-state index is -0.420. The normalized spacial score (nSPS) is 21.5. The van der Waals surface area contributed by atoms with Gasteiger partial charge in [0.25, 0.3) is 0 Å². The maximum atomic E-state index is 8.86. The second-order valence-electron chi connectivity index (χ2n) is 3.72. The van der Waals surface area contributed by atoms with Crippen molar-refractivity contribution in [2.24, 2.45) is 10.9 Å². The summed E-state index contributed by atoms with van der Waals surface area (Å²) in [5.74, 6) is 0.252. The van der Waals surface area contributed by atoms with Crippen LogP contribution in [0.4, 0.5) is 0 Å². The number of ether oxygens (including phenoxy) is 1. The first-order valence-corrected chi connectivity index (χ1v) is 4.99. The Kier molecular flexibility index (Phi) is 2.64. The van der Waals surface area contributed by atoms with Crippen molar-refractivity contribution in [1.82, 2.24) is 4.57 Å². The van der Waals surface area contributed by atoms with Crippen LogP contribution in [0, 0.1) is 0 Å². The zero-order chi connectivity index (χ0) is 10.7. The van der Waals surface area contributed by atoms with Gasteiger partial charge < -0.3 is 20.2 Å². The van der Waals surface area contributed by atoms with Crippen molar-refractivity contribution in [2.75, 3.05) is 13.2 Å². The third-order valence-corrected chi connectivity index (χ3v) is 3.00. The zero-order valence-electron chi connectivity index (χ0n) is 8.47. The molecule has 0 radical (unpaired) electrons. The van der Waals surface area contributed by atoms with Crippen molar-refractivity contribution in [2.45, 2.75) is 18.4 Å². The molecule has 2 heterocycles. The van der Waals surface area contributed by atoms with Gasteiger partial charge in [-0.2, -0.15) is 0 Å². The van der Waals surface area contributed by atoms with Gasteiger partial charge in [0.1, 0.15) is 5.54 Å². The van der Waals surface area contributed by atoms with Crippen LogP contribution < -0.4 is 5.73 Å². The molecule has 0 bridgehead atoms. The Bertz CT molecular complexity index is 340. The molecule has 0 aromatic carbocycles. The van der Waals surface area contributed by atoms with E-state index in [0.29, 0.717) is 13.2 Å². The highest BCUT2D eigenvalue weighted by atomic mass is 16.5. The maximum absolute atomic E-state index is 8.86. The van der Waals surface area contributed by atoms with Crippen LogP contribution >= 0.6 is 0 Å². The Morgan fingerprint density at radius 3 is 2.47 bits per heavy atom. The van der Waals surface area contributed by atoms with Crippen LogP contribution in [0.15, 0.2) is 29.7 Å². The molecule has 0 aliphatic carbocycles. The van der Waals surface area contributed by atoms with E-state index in [1.54, 1.807) is 0 Å². The van der Waals surface area contributed by atoms with Crippen LogP contribution in [0.5, 0.6) is 0 Å². The predicted octanol–water partition coefficient (Wildman–Crippen LogP) is 0.740. The third kappa shape index (κ3) is 1.59. The van der Waals surface area contributed by atoms with E-state index in [9.17, 15) is 0 Å². The summed E-state index contributed by atoms with van der Waals surface area (Å²) in [7, 11) is 0. The maximum Gasteiger partial charge on any atom is 0.165 e. The standard InChI is InChI=1S/C10H15N3O2/c11-9(12-14)10(3-7-15-8-4-10)13-5-1-2-6-13/h1-2,5-6,14H,3-4,7-8H2,(H2,11,12). The Morgan fingerprint density at radius 1 is 1.33 bits per heavy atom. The van der Waals surface area contributed by atoms with Crippen LogP contribution in [-0.4, -0.2) is 28.8 Å². The van der Waals surface area contributed by atoms with E-state index in [2.05, 4.69) is 5.16 Å². The first-order chi connectivity index (χ1) is 7.29. The fraction of sp³-hybridized carbons (Fsp3) is 0.500. The second kappa shape index (κ2) is 3.94. The molecule has 15 heavy (non-hydrogen) atoms. The fourth-order valence-electron chi connectivity index (χ4n) is 2.07. The Morgan fingerprint density at radius 2 is 1.93 bits per heavy atom. The van der Waals surface area contributed by atoms with Crippen molar-refractivity contribution >= 4 is 5.84 Å². The van der Waals surface area contributed by atoms with Crippen molar-refractivity contribution in [3.8, 4) is 0 Å². The van der Waals surface area contributed by atoms with Gasteiger partial charge in [0.2, 0.25) is 0 Å². The number of hydrogen-bond donors (Lipinski definition) is 2. The number of oxime groups is 1. The van der Waals surface area contributed by atoms with Gasteiger partial charge in [0.05, 0.1) is 0 Å². The average Bonchev–Trinajstić information content (AvgIpc) is 2.83. The van der Waals surface area contributed by atoms with Gasteiger partial charge in [-0.15, -0.1) is 0 Å². The van der Waals surface area contributed by atoms with Crippen LogP contribution in [0.25, 0.3) is 0 Å². The van der Waals surface area contributed by atoms with Gasteiger partial charge in [-0.05, 0) is 12.1 Å². The number of nitrogens with zero attached hydrogens (tertiary/aromatic N) is 2. The van der Waals surface area contributed by atoms with Gasteiger partial charge in [-0.25, -0.2) is 0 Å². The highest BCUT2D eigenvalue weighted by Crippen LogP contribution is 2.29. The molecule has 1 saturated heterocycles. The van der Waals surface area contributed by atoms with Crippen LogP contribution in [0.2, 0.25) is 0 Å². The van der Waals surface area contributed by atoms with E-state index in [1.165, 1.54) is 0 Å². The molecule has 2 rings (SSSR count). The zero-order valence-corrected chi connectivity index (χ0v) is 8.47. The molecule has 5 heteroatoms. The minimum absolute atomic E-state index is 0.252. The van der Waals surface area contributed by atoms with Gasteiger partial charge in [0.15, 0.2) is 5.84 Å². The van der Waals surface area contributed by atoms with Crippen molar-refractivity contribution < 1.29 is 9.94 Å². The molecule has 1 aliphatic heterocycles. The molecule has 3 N–H and O–H groups in total. The van der Waals surface area contributed by atoms with Crippen molar-refractivity contribution in [1.29, 1.82) is 0 Å². The molecular formula is C10H15N3O2. The minimum Gasteiger partial charge on any atom is -0.409 e. The Balaban J connectivity index is 2.38. The first-order valence-electron chi connectivity index (χ1n) is 4.99. The van der Waals surface area contributed by atoms with Gasteiger partial charge in [-0.1, -0.05) is 5.16 Å². The van der Waals surface area contributed by atoms with E-state index in [0.717, 1.165) is 12.8 Å². The molecule has 0 saturated carbocycles. The molecule has 0 atom stereocenters. The molecule has 0 spiro atoms. The molecular weight excluding hydrogens is 194 g/mol. The second-order valence-corrected chi connectivity index (χ2v) is 3.72. The summed E-state index contributed by atoms with van der Waals surface area (Å²) < 4.78 is 7.30. The average molecular weight is 209 g/mol. The van der Waals surface area contributed by atoms with Crippen LogP contribution in [-0.2, 0) is 10.3 Å². The number of nitrogens with two attached hydrogens (primary N) is 1. The van der Waals surface area contributed by atoms with E-state index in [1.807, 2.05) is 29.1 Å². The van der Waals surface area contributed by atoms with Gasteiger partial charge >= 0.3 is 0 Å². The largest absolute Gasteiger partial charge is 0.409 e. The van der Waals surface area contributed by atoms with Gasteiger partial charge in [-0.3, -0.25) is 0 Å². The highest BCUT2D eigenvalue weighted by Gasteiger charge is 2.38. The molecule has 82 valence electrons. The fourth-order valence-corrected chi connectivity index (χ4v) is 2.07. The summed E-state index contributed by atoms with van der Waals surface area (Å²) >= 11 is 0. The van der Waals surface area contributed by atoms with Crippen LogP contribution in [0.3, 0.4) is 0 Å². The highest BCUT2D eigenvalue weighted by molar-refractivity contribution is 5.88. The topological polar surface area (TPSA) is 72.8 Å². The summed E-state index contributed by atoms with van der Waals surface area (Å²) in [4.78, 5) is 0. The van der Waals surface area contributed by atoms with Gasteiger partial charge in [0, 0.05) is 38.4 Å². The summed E-state index contributed by atoms with van der Waals surface area (Å²) in [5, 5.41) is 12.0. The number of amidine groups is 1. The first kappa shape index (κ1) is 10.0. The lowest BCUT2D eigenvalue weighted by atomic mass is 9.88. The van der Waals surface area contributed by atoms with E-state index >= 15 is 0 Å². The molecule has 0 unspecified atom stereocenters. The summed E-state index contributed by atoms with van der Waals surface area (Å²) in [6.07, 6.45) is 5.34. The monoisotopic (exact) mass is 209 g/mol. The third-order valence-electron chi connectivity index (χ3n) is 3.00. The summed E-state index contributed by atoms with van der Waals surface area (Å²) in [6.45, 7) is 1.27. The predicted molar refractivity (Wildman–Crippen MR) is 55.9 cm³/mol. The molecule has 0 amide bonds. The molecule has 1 fully saturated rings. The summed E-state index contributed by atoms with van der Waals surface area (Å²) in [5.41, 5.74) is 5.38. The molecule has 1 aromatic heterocycles. The Labute approximate surface area is 88.1 Å². The lowest BCUT2D eigenvalue weighted by Crippen LogP contribution is -2.49. The summed E-state index contributed by atoms with van der Waals surface area (Å²) in [6, 6.07) is 3.86. The number of aromatic nitrogens is 1. The van der Waals surface area contributed by atoms with Crippen molar-refractivity contribution in [3.63, 3.8) is 0 Å². The van der Waals surface area contributed by atoms with E-state index in [4.69, 9.17) is 15.7 Å². The molecule has 1 aromatic rings. The van der Waals surface area contributed by atoms with Crippen molar-refractivity contribution in [3.05, 3.63) is 24.5 Å². The lowest BCUT2D eigenvalue weighted by molar-refractivity contribution is 0.0479. The number of rotatable bonds is 2. The number of hydrogen-bond acceptors (Lipinski definition) is 3. The van der Waals surface area contributed by atoms with E-state index < -0.39 is 5.54 Å². The molecule has 5 nitrogen and oxygen atoms in total. The Hall–Kier alpha value is -1.49.